The lowest BCUT2D eigenvalue weighted by molar-refractivity contribution is -0.127. The van der Waals surface area contributed by atoms with Crippen LogP contribution < -0.4 is 19.6 Å². The number of carbonyl (C=O) groups is 2. The monoisotopic (exact) mass is 508 g/mol. The van der Waals surface area contributed by atoms with Gasteiger partial charge in [0.15, 0.2) is 6.10 Å². The van der Waals surface area contributed by atoms with Gasteiger partial charge in [-0.05, 0) is 91.2 Å². The van der Waals surface area contributed by atoms with Crippen LogP contribution in [0.15, 0.2) is 108 Å². The number of benzene rings is 4. The Morgan fingerprint density at radius 2 is 1.39 bits per heavy atom. The van der Waals surface area contributed by atoms with Gasteiger partial charge in [-0.1, -0.05) is 42.5 Å². The van der Waals surface area contributed by atoms with E-state index >= 15 is 0 Å². The molecular weight excluding hydrogens is 480 g/mol. The lowest BCUT2D eigenvalue weighted by Crippen LogP contribution is -2.33. The van der Waals surface area contributed by atoms with E-state index in [0.29, 0.717) is 29.4 Å². The van der Waals surface area contributed by atoms with Crippen molar-refractivity contribution < 1.29 is 23.8 Å². The van der Waals surface area contributed by atoms with E-state index in [0.717, 1.165) is 16.7 Å². The number of nitrogens with one attached hydrogen (secondary N) is 1. The van der Waals surface area contributed by atoms with Gasteiger partial charge in [0.05, 0.1) is 18.4 Å². The van der Waals surface area contributed by atoms with E-state index in [1.165, 1.54) is 6.21 Å². The van der Waals surface area contributed by atoms with Crippen molar-refractivity contribution in [3.63, 3.8) is 0 Å². The Labute approximate surface area is 221 Å². The molecule has 0 saturated carbocycles. The zero-order chi connectivity index (χ0) is 26.7. The second-order valence-corrected chi connectivity index (χ2v) is 8.30. The number of amides is 1. The van der Waals surface area contributed by atoms with Gasteiger partial charge in [0.2, 0.25) is 0 Å². The van der Waals surface area contributed by atoms with Gasteiger partial charge in [-0.15, -0.1) is 0 Å². The van der Waals surface area contributed by atoms with Crippen LogP contribution in [0.3, 0.4) is 0 Å². The number of carbonyl (C=O) groups excluding carboxylic acids is 2. The summed E-state index contributed by atoms with van der Waals surface area (Å²) in [4.78, 5) is 24.7. The minimum atomic E-state index is -0.737. The molecule has 0 spiro atoms. The summed E-state index contributed by atoms with van der Waals surface area (Å²) in [7, 11) is 0. The first-order chi connectivity index (χ1) is 18.5. The van der Waals surface area contributed by atoms with Crippen molar-refractivity contribution in [2.24, 2.45) is 5.10 Å². The summed E-state index contributed by atoms with van der Waals surface area (Å²) in [5.74, 6) is 0.829. The van der Waals surface area contributed by atoms with Crippen LogP contribution in [0.2, 0.25) is 0 Å². The summed E-state index contributed by atoms with van der Waals surface area (Å²) in [5.41, 5.74) is 5.80. The minimum absolute atomic E-state index is 0.380. The van der Waals surface area contributed by atoms with E-state index in [9.17, 15) is 9.59 Å². The third-order valence-corrected chi connectivity index (χ3v) is 5.52. The van der Waals surface area contributed by atoms with Gasteiger partial charge in [-0.3, -0.25) is 4.79 Å². The molecule has 38 heavy (non-hydrogen) atoms. The van der Waals surface area contributed by atoms with Crippen molar-refractivity contribution in [2.45, 2.75) is 20.0 Å². The van der Waals surface area contributed by atoms with Gasteiger partial charge in [-0.2, -0.15) is 5.10 Å². The molecule has 7 nitrogen and oxygen atoms in total. The lowest BCUT2D eigenvalue weighted by atomic mass is 10.1. The molecule has 7 heteroatoms. The van der Waals surface area contributed by atoms with E-state index < -0.39 is 12.1 Å². The first kappa shape index (κ1) is 26.2. The van der Waals surface area contributed by atoms with Gasteiger partial charge in [0.1, 0.15) is 17.2 Å². The predicted octanol–water partition coefficient (Wildman–Crippen LogP) is 5.89. The molecule has 4 aromatic carbocycles. The van der Waals surface area contributed by atoms with Gasteiger partial charge >= 0.3 is 5.97 Å². The number of nitrogens with zero attached hydrogens (tertiary/aromatic N) is 1. The zero-order valence-electron chi connectivity index (χ0n) is 21.2. The van der Waals surface area contributed by atoms with E-state index in [1.54, 1.807) is 55.5 Å². The van der Waals surface area contributed by atoms with Crippen molar-refractivity contribution in [1.29, 1.82) is 0 Å². The summed E-state index contributed by atoms with van der Waals surface area (Å²) in [6.07, 6.45) is 0.760. The molecule has 0 bridgehead atoms. The SMILES string of the molecule is CCOc1ccc(C(=O)Oc2ccc(/C=N\NC(=O)[C@H](C)Oc3ccc(-c4ccccc4)cc3)cc2)cc1. The highest BCUT2D eigenvalue weighted by Crippen LogP contribution is 2.22. The quantitative estimate of drug-likeness (QED) is 0.125. The van der Waals surface area contributed by atoms with Crippen LogP contribution in [0.4, 0.5) is 0 Å². The van der Waals surface area contributed by atoms with Gasteiger partial charge in [0, 0.05) is 0 Å². The van der Waals surface area contributed by atoms with Crippen LogP contribution in [0, 0.1) is 0 Å². The zero-order valence-corrected chi connectivity index (χ0v) is 21.2. The molecule has 0 saturated heterocycles. The average Bonchev–Trinajstić information content (AvgIpc) is 2.95. The van der Waals surface area contributed by atoms with Crippen LogP contribution in [0.1, 0.15) is 29.8 Å². The molecule has 4 aromatic rings. The first-order valence-electron chi connectivity index (χ1n) is 12.2. The molecule has 0 aliphatic heterocycles. The number of hydrogen-bond donors (Lipinski definition) is 1. The van der Waals surface area contributed by atoms with Crippen LogP contribution in [-0.4, -0.2) is 30.8 Å². The van der Waals surface area contributed by atoms with Crippen LogP contribution in [0.5, 0.6) is 17.2 Å². The highest BCUT2D eigenvalue weighted by Gasteiger charge is 2.14. The lowest BCUT2D eigenvalue weighted by Gasteiger charge is -2.13. The summed E-state index contributed by atoms with van der Waals surface area (Å²) >= 11 is 0. The molecule has 0 heterocycles. The summed E-state index contributed by atoms with van der Waals surface area (Å²) < 4.78 is 16.5. The van der Waals surface area contributed by atoms with Gasteiger partial charge in [-0.25, -0.2) is 10.2 Å². The molecule has 0 aliphatic rings. The minimum Gasteiger partial charge on any atom is -0.494 e. The molecule has 4 rings (SSSR count). The average molecular weight is 509 g/mol. The van der Waals surface area contributed by atoms with Crippen molar-refractivity contribution in [2.75, 3.05) is 6.61 Å². The number of ether oxygens (including phenoxy) is 3. The first-order valence-corrected chi connectivity index (χ1v) is 12.2. The van der Waals surface area contributed by atoms with E-state index in [1.807, 2.05) is 61.5 Å². The van der Waals surface area contributed by atoms with E-state index in [4.69, 9.17) is 14.2 Å². The molecule has 0 aromatic heterocycles. The molecular formula is C31H28N2O5. The Morgan fingerprint density at radius 3 is 2.05 bits per heavy atom. The third-order valence-electron chi connectivity index (χ3n) is 5.52. The number of hydrogen-bond acceptors (Lipinski definition) is 6. The topological polar surface area (TPSA) is 86.2 Å². The Bertz CT molecular complexity index is 1370. The summed E-state index contributed by atoms with van der Waals surface area (Å²) in [6.45, 7) is 4.11. The molecule has 1 N–H and O–H groups in total. The maximum absolute atomic E-state index is 12.4. The normalized spacial score (nSPS) is 11.5. The summed E-state index contributed by atoms with van der Waals surface area (Å²) in [6, 6.07) is 31.1. The van der Waals surface area contributed by atoms with Crippen LogP contribution in [-0.2, 0) is 4.79 Å². The second kappa shape index (κ2) is 12.9. The number of rotatable bonds is 10. The molecule has 0 unspecified atom stereocenters. The Morgan fingerprint density at radius 1 is 0.789 bits per heavy atom. The second-order valence-electron chi connectivity index (χ2n) is 8.30. The Balaban J connectivity index is 1.24. The fourth-order valence-corrected chi connectivity index (χ4v) is 3.52. The molecule has 0 radical (unpaired) electrons. The molecule has 0 aliphatic carbocycles. The van der Waals surface area contributed by atoms with Crippen LogP contribution in [0.25, 0.3) is 11.1 Å². The fourth-order valence-electron chi connectivity index (χ4n) is 3.52. The molecule has 1 amide bonds. The largest absolute Gasteiger partial charge is 0.494 e. The summed E-state index contributed by atoms with van der Waals surface area (Å²) in [5, 5.41) is 4.00. The Hall–Kier alpha value is -4.91. The van der Waals surface area contributed by atoms with Crippen molar-refractivity contribution in [3.8, 4) is 28.4 Å². The maximum atomic E-state index is 12.4. The molecule has 192 valence electrons. The van der Waals surface area contributed by atoms with Crippen molar-refractivity contribution >= 4 is 18.1 Å². The van der Waals surface area contributed by atoms with Crippen molar-refractivity contribution in [3.05, 3.63) is 114 Å². The smallest absolute Gasteiger partial charge is 0.343 e. The van der Waals surface area contributed by atoms with Crippen molar-refractivity contribution in [1.82, 2.24) is 5.43 Å². The van der Waals surface area contributed by atoms with Crippen LogP contribution >= 0.6 is 0 Å². The van der Waals surface area contributed by atoms with E-state index in [2.05, 4.69) is 10.5 Å². The predicted molar refractivity (Wildman–Crippen MR) is 147 cm³/mol. The number of hydrazone groups is 1. The highest BCUT2D eigenvalue weighted by molar-refractivity contribution is 5.91. The molecule has 0 fully saturated rings. The number of esters is 1. The fraction of sp³-hybridized carbons (Fsp3) is 0.129. The maximum Gasteiger partial charge on any atom is 0.343 e. The van der Waals surface area contributed by atoms with Gasteiger partial charge in [0.25, 0.3) is 5.91 Å². The highest BCUT2D eigenvalue weighted by atomic mass is 16.5. The van der Waals surface area contributed by atoms with Gasteiger partial charge < -0.3 is 14.2 Å². The van der Waals surface area contributed by atoms with E-state index in [-0.39, 0.29) is 5.91 Å². The standard InChI is InChI=1S/C31H28N2O5/c1-3-36-27-17-13-26(14-18-27)31(35)38-29-15-9-23(10-16-29)21-32-33-30(34)22(2)37-28-19-11-25(12-20-28)24-7-5-4-6-8-24/h4-22H,3H2,1-2H3,(H,33,34)/b32-21-/t22-/m0/s1. The third kappa shape index (κ3) is 7.30. The Kier molecular flexibility index (Phi) is 8.86. The molecule has 1 atom stereocenters.